The van der Waals surface area contributed by atoms with Crippen molar-refractivity contribution in [3.8, 4) is 17.2 Å². The van der Waals surface area contributed by atoms with E-state index >= 15 is 0 Å². The van der Waals surface area contributed by atoms with E-state index in [4.69, 9.17) is 29.0 Å². The summed E-state index contributed by atoms with van der Waals surface area (Å²) in [4.78, 5) is 18.2. The lowest BCUT2D eigenvalue weighted by molar-refractivity contribution is -0.126. The van der Waals surface area contributed by atoms with Crippen LogP contribution in [0.2, 0.25) is 0 Å². The van der Waals surface area contributed by atoms with Crippen LogP contribution < -0.4 is 19.5 Å². The molecule has 0 spiro atoms. The molecule has 8 nitrogen and oxygen atoms in total. The second-order valence-corrected chi connectivity index (χ2v) is 11.0. The molecule has 0 unspecified atom stereocenters. The summed E-state index contributed by atoms with van der Waals surface area (Å²) in [5.41, 5.74) is 2.79. The molecule has 0 fully saturated rings. The molecule has 4 aromatic carbocycles. The topological polar surface area (TPSA) is 98.6 Å². The number of aliphatic hydroxyl groups excluding tert-OH is 1. The Morgan fingerprint density at radius 1 is 0.870 bits per heavy atom. The molecule has 1 heterocycles. The molecule has 5 rings (SSSR count). The minimum absolute atomic E-state index is 0.0802. The Balaban J connectivity index is 1.22. The van der Waals surface area contributed by atoms with Crippen LogP contribution >= 0.6 is 0 Å². The van der Waals surface area contributed by atoms with Crippen molar-refractivity contribution < 1.29 is 28.8 Å². The minimum Gasteiger partial charge on any atom is -0.494 e. The maximum Gasteiger partial charge on any atom is 0.251 e. The fourth-order valence-electron chi connectivity index (χ4n) is 4.99. The summed E-state index contributed by atoms with van der Waals surface area (Å²) in [6, 6.07) is 33.2. The third kappa shape index (κ3) is 8.76. The van der Waals surface area contributed by atoms with Gasteiger partial charge in [0, 0.05) is 31.6 Å². The van der Waals surface area contributed by atoms with Crippen molar-refractivity contribution in [3.63, 3.8) is 0 Å². The number of carbonyl (C=O) groups excluding carboxylic acids is 1. The molecule has 0 bridgehead atoms. The van der Waals surface area contributed by atoms with Crippen LogP contribution in [-0.2, 0) is 29.2 Å². The van der Waals surface area contributed by atoms with Crippen molar-refractivity contribution in [1.82, 2.24) is 5.32 Å². The number of aliphatic hydroxyl groups is 1. The fourth-order valence-corrected chi connectivity index (χ4v) is 4.99. The van der Waals surface area contributed by atoms with Gasteiger partial charge in [-0.3, -0.25) is 4.79 Å². The van der Waals surface area contributed by atoms with Crippen LogP contribution in [0.15, 0.2) is 121 Å². The van der Waals surface area contributed by atoms with Gasteiger partial charge in [-0.25, -0.2) is 4.99 Å². The van der Waals surface area contributed by atoms with Crippen molar-refractivity contribution in [3.05, 3.63) is 138 Å². The van der Waals surface area contributed by atoms with E-state index < -0.39 is 5.54 Å². The number of hydrogen-bond acceptors (Lipinski definition) is 7. The first kappa shape index (κ1) is 32.3. The molecule has 2 N–H and O–H groups in total. The second kappa shape index (κ2) is 16.3. The van der Waals surface area contributed by atoms with Crippen LogP contribution in [0.1, 0.15) is 35.1 Å². The molecule has 0 aliphatic carbocycles. The van der Waals surface area contributed by atoms with Gasteiger partial charge in [0.25, 0.3) is 5.91 Å². The van der Waals surface area contributed by atoms with Gasteiger partial charge in [-0.05, 0) is 59.5 Å². The molecule has 0 saturated heterocycles. The minimum atomic E-state index is -1.09. The predicted octanol–water partition coefficient (Wildman–Crippen LogP) is 6.06. The van der Waals surface area contributed by atoms with Gasteiger partial charge in [0.05, 0.1) is 6.61 Å². The van der Waals surface area contributed by atoms with Gasteiger partial charge < -0.3 is 29.4 Å². The lowest BCUT2D eigenvalue weighted by Crippen LogP contribution is -2.47. The summed E-state index contributed by atoms with van der Waals surface area (Å²) in [6.45, 7) is 5.73. The third-order valence-corrected chi connectivity index (χ3v) is 7.52. The first-order chi connectivity index (χ1) is 22.6. The first-order valence-corrected chi connectivity index (χ1v) is 15.5. The number of hydrogen-bond donors (Lipinski definition) is 2. The maximum atomic E-state index is 13.5. The number of carbonyl (C=O) groups is 1. The van der Waals surface area contributed by atoms with Gasteiger partial charge in [0.1, 0.15) is 25.6 Å². The molecule has 0 aromatic heterocycles. The summed E-state index contributed by atoms with van der Waals surface area (Å²) in [5.74, 6) is 2.19. The van der Waals surface area contributed by atoms with Gasteiger partial charge in [-0.15, -0.1) is 6.58 Å². The van der Waals surface area contributed by atoms with E-state index in [1.807, 2.05) is 103 Å². The first-order valence-electron chi connectivity index (χ1n) is 15.5. The highest BCUT2D eigenvalue weighted by atomic mass is 16.5. The molecular weight excluding hydrogens is 580 g/mol. The van der Waals surface area contributed by atoms with Crippen LogP contribution in [0.3, 0.4) is 0 Å². The number of amides is 1. The van der Waals surface area contributed by atoms with Crippen molar-refractivity contribution in [1.29, 1.82) is 0 Å². The Labute approximate surface area is 270 Å². The number of nitrogens with one attached hydrogen (secondary N) is 1. The fraction of sp³-hybridized carbons (Fsp3) is 0.263. The summed E-state index contributed by atoms with van der Waals surface area (Å²) in [7, 11) is 0. The standard InChI is InChI=1S/C38H40N2O6/c1-2-21-38(28-46-36(40-38)32-15-17-33(18-16-32)43-24-9-23-41)37(42)39-22-20-29-14-19-34(44-26-30-10-5-3-6-11-30)35(25-29)45-27-31-12-7-4-8-13-31/h2-8,10-19,25,41H,1,9,20-24,26-28H2,(H,39,42)/t38-/m1/s1. The zero-order chi connectivity index (χ0) is 32.0. The highest BCUT2D eigenvalue weighted by Crippen LogP contribution is 2.31. The SMILES string of the molecule is C=CC[C@]1(C(=O)NCCc2ccc(OCc3ccccc3)c(OCc3ccccc3)c2)COC(c2ccc(OCCCO)cc2)=N1. The zero-order valence-corrected chi connectivity index (χ0v) is 25.9. The summed E-state index contributed by atoms with van der Waals surface area (Å²) in [5, 5.41) is 12.0. The van der Waals surface area contributed by atoms with Crippen LogP contribution in [0.25, 0.3) is 0 Å². The number of rotatable bonds is 17. The Hall–Kier alpha value is -5.08. The predicted molar refractivity (Wildman–Crippen MR) is 178 cm³/mol. The van der Waals surface area contributed by atoms with E-state index in [0.717, 1.165) is 22.3 Å². The highest BCUT2D eigenvalue weighted by molar-refractivity contribution is 6.00. The Kier molecular flexibility index (Phi) is 11.4. The molecule has 46 heavy (non-hydrogen) atoms. The van der Waals surface area contributed by atoms with E-state index in [-0.39, 0.29) is 19.1 Å². The molecule has 0 saturated carbocycles. The van der Waals surface area contributed by atoms with E-state index in [9.17, 15) is 4.79 Å². The van der Waals surface area contributed by atoms with Gasteiger partial charge in [0.2, 0.25) is 5.90 Å². The van der Waals surface area contributed by atoms with Crippen molar-refractivity contribution in [2.75, 3.05) is 26.4 Å². The van der Waals surface area contributed by atoms with Crippen molar-refractivity contribution >= 4 is 11.8 Å². The highest BCUT2D eigenvalue weighted by Gasteiger charge is 2.43. The van der Waals surface area contributed by atoms with Gasteiger partial charge >= 0.3 is 0 Å². The zero-order valence-electron chi connectivity index (χ0n) is 25.9. The van der Waals surface area contributed by atoms with E-state index in [1.165, 1.54) is 0 Å². The van der Waals surface area contributed by atoms with E-state index in [1.54, 1.807) is 6.08 Å². The van der Waals surface area contributed by atoms with Crippen LogP contribution in [-0.4, -0.2) is 48.8 Å². The third-order valence-electron chi connectivity index (χ3n) is 7.52. The average Bonchev–Trinajstić information content (AvgIpc) is 3.53. The molecule has 238 valence electrons. The number of benzene rings is 4. The summed E-state index contributed by atoms with van der Waals surface area (Å²) < 4.78 is 23.9. The Morgan fingerprint density at radius 3 is 2.20 bits per heavy atom. The molecule has 1 aliphatic heterocycles. The van der Waals surface area contributed by atoms with Crippen molar-refractivity contribution in [2.24, 2.45) is 4.99 Å². The molecular formula is C38H40N2O6. The largest absolute Gasteiger partial charge is 0.494 e. The average molecular weight is 621 g/mol. The lowest BCUT2D eigenvalue weighted by Gasteiger charge is -2.21. The maximum absolute atomic E-state index is 13.5. The van der Waals surface area contributed by atoms with E-state index in [2.05, 4.69) is 11.9 Å². The molecule has 1 atom stereocenters. The summed E-state index contributed by atoms with van der Waals surface area (Å²) >= 11 is 0. The van der Waals surface area contributed by atoms with Crippen LogP contribution in [0.4, 0.5) is 0 Å². The molecule has 1 amide bonds. The molecule has 0 radical (unpaired) electrons. The van der Waals surface area contributed by atoms with Gasteiger partial charge in [-0.2, -0.15) is 0 Å². The Morgan fingerprint density at radius 2 is 1.54 bits per heavy atom. The van der Waals surface area contributed by atoms with Gasteiger partial charge in [-0.1, -0.05) is 72.8 Å². The van der Waals surface area contributed by atoms with E-state index in [0.29, 0.717) is 68.8 Å². The summed E-state index contributed by atoms with van der Waals surface area (Å²) in [6.07, 6.45) is 3.19. The van der Waals surface area contributed by atoms with Crippen LogP contribution in [0, 0.1) is 0 Å². The van der Waals surface area contributed by atoms with Crippen molar-refractivity contribution in [2.45, 2.75) is 38.0 Å². The van der Waals surface area contributed by atoms with Gasteiger partial charge in [0.15, 0.2) is 17.0 Å². The van der Waals surface area contributed by atoms with Crippen LogP contribution in [0.5, 0.6) is 17.2 Å². The smallest absolute Gasteiger partial charge is 0.251 e. The Bertz CT molecular complexity index is 1590. The quantitative estimate of drug-likeness (QED) is 0.110. The molecule has 1 aliphatic rings. The molecule has 4 aromatic rings. The number of ether oxygens (including phenoxy) is 4. The second-order valence-electron chi connectivity index (χ2n) is 11.0. The number of nitrogens with zero attached hydrogens (tertiary/aromatic N) is 1. The monoisotopic (exact) mass is 620 g/mol. The lowest BCUT2D eigenvalue weighted by atomic mass is 9.96. The number of aliphatic imine (C=N–C) groups is 1. The normalized spacial score (nSPS) is 15.4. The molecule has 8 heteroatoms.